The van der Waals surface area contributed by atoms with E-state index in [0.717, 1.165) is 29.0 Å². The van der Waals surface area contributed by atoms with Crippen molar-refractivity contribution in [3.05, 3.63) is 95.1 Å². The molecule has 6 nitrogen and oxygen atoms in total. The van der Waals surface area contributed by atoms with E-state index in [-0.39, 0.29) is 17.7 Å². The number of nitrogens with zero attached hydrogens (tertiary/aromatic N) is 2. The number of amides is 2. The Bertz CT molecular complexity index is 1210. The van der Waals surface area contributed by atoms with Crippen molar-refractivity contribution in [3.8, 4) is 0 Å². The van der Waals surface area contributed by atoms with Crippen molar-refractivity contribution >= 4 is 23.2 Å². The third-order valence-electron chi connectivity index (χ3n) is 6.59. The summed E-state index contributed by atoms with van der Waals surface area (Å²) < 4.78 is 0. The second-order valence-corrected chi connectivity index (χ2v) is 9.07. The van der Waals surface area contributed by atoms with Gasteiger partial charge in [0.1, 0.15) is 5.66 Å². The number of carbonyl (C=O) groups is 2. The first-order chi connectivity index (χ1) is 15.9. The molecule has 2 unspecified atom stereocenters. The van der Waals surface area contributed by atoms with Gasteiger partial charge in [-0.3, -0.25) is 14.5 Å². The molecule has 3 aromatic rings. The lowest BCUT2D eigenvalue weighted by atomic mass is 9.84. The minimum atomic E-state index is -0.687. The van der Waals surface area contributed by atoms with Crippen LogP contribution in [0.2, 0.25) is 0 Å². The molecule has 33 heavy (non-hydrogen) atoms. The van der Waals surface area contributed by atoms with Gasteiger partial charge >= 0.3 is 0 Å². The number of hydrogen-bond donors (Lipinski definition) is 2. The summed E-state index contributed by atoms with van der Waals surface area (Å²) in [5.41, 5.74) is 4.92. The van der Waals surface area contributed by atoms with Gasteiger partial charge in [-0.25, -0.2) is 0 Å². The molecule has 2 heterocycles. The van der Waals surface area contributed by atoms with Crippen molar-refractivity contribution in [2.75, 3.05) is 31.4 Å². The summed E-state index contributed by atoms with van der Waals surface area (Å²) in [6.07, 6.45) is 0.597. The van der Waals surface area contributed by atoms with Crippen molar-refractivity contribution in [2.24, 2.45) is 0 Å². The Labute approximate surface area is 194 Å². The van der Waals surface area contributed by atoms with Crippen LogP contribution >= 0.6 is 0 Å². The van der Waals surface area contributed by atoms with Gasteiger partial charge < -0.3 is 15.5 Å². The van der Waals surface area contributed by atoms with Crippen molar-refractivity contribution in [1.29, 1.82) is 0 Å². The topological polar surface area (TPSA) is 64.7 Å². The molecule has 0 saturated carbocycles. The lowest BCUT2D eigenvalue weighted by molar-refractivity contribution is -0.117. The second kappa shape index (κ2) is 8.05. The third-order valence-corrected chi connectivity index (χ3v) is 6.59. The zero-order valence-corrected chi connectivity index (χ0v) is 19.1. The fourth-order valence-electron chi connectivity index (χ4n) is 5.15. The molecule has 2 aliphatic heterocycles. The molecule has 2 amide bonds. The number of nitrogens with one attached hydrogen (secondary N) is 2. The van der Waals surface area contributed by atoms with E-state index in [1.54, 1.807) is 13.1 Å². The molecule has 2 N–H and O–H groups in total. The Hall–Kier alpha value is -3.64. The van der Waals surface area contributed by atoms with Crippen LogP contribution in [-0.4, -0.2) is 37.9 Å². The SMILES string of the molecule is CNC(=O)c1ccc2c(c1)C1CC(Nc3ccc(CN(C)C)cc3)(c3ccccc3)N2C1=O. The average Bonchev–Trinajstić information content (AvgIpc) is 3.27. The van der Waals surface area contributed by atoms with Gasteiger partial charge in [0.05, 0.1) is 11.6 Å². The van der Waals surface area contributed by atoms with E-state index in [1.807, 2.05) is 35.2 Å². The highest BCUT2D eigenvalue weighted by Crippen LogP contribution is 2.56. The van der Waals surface area contributed by atoms with Gasteiger partial charge in [0.2, 0.25) is 5.91 Å². The zero-order chi connectivity index (χ0) is 23.2. The summed E-state index contributed by atoms with van der Waals surface area (Å²) in [6, 6.07) is 24.1. The number of hydrogen-bond acceptors (Lipinski definition) is 4. The smallest absolute Gasteiger partial charge is 0.251 e. The van der Waals surface area contributed by atoms with Crippen LogP contribution in [-0.2, 0) is 17.0 Å². The first-order valence-corrected chi connectivity index (χ1v) is 11.2. The van der Waals surface area contributed by atoms with Gasteiger partial charge in [-0.1, -0.05) is 42.5 Å². The van der Waals surface area contributed by atoms with Gasteiger partial charge in [0, 0.05) is 31.3 Å². The highest BCUT2D eigenvalue weighted by Gasteiger charge is 2.58. The summed E-state index contributed by atoms with van der Waals surface area (Å²) in [4.78, 5) is 29.7. The summed E-state index contributed by atoms with van der Waals surface area (Å²) in [5, 5.41) is 6.38. The first-order valence-electron chi connectivity index (χ1n) is 11.2. The minimum Gasteiger partial charge on any atom is -0.359 e. The molecule has 2 atom stereocenters. The lowest BCUT2D eigenvalue weighted by Gasteiger charge is -2.42. The molecule has 168 valence electrons. The normalized spacial score (nSPS) is 20.8. The number of benzene rings is 3. The monoisotopic (exact) mass is 440 g/mol. The van der Waals surface area contributed by atoms with E-state index >= 15 is 0 Å². The van der Waals surface area contributed by atoms with Crippen LogP contribution in [0, 0.1) is 0 Å². The standard InChI is InChI=1S/C27H28N4O2/c1-28-25(32)19-11-14-24-22(15-19)23-16-27(31(24)26(23)33,20-7-5-4-6-8-20)29-21-12-9-18(10-13-21)17-30(2)3/h4-15,23,29H,16-17H2,1-3H3,(H,28,32). The molecule has 0 spiro atoms. The van der Waals surface area contributed by atoms with E-state index in [2.05, 4.69) is 66.0 Å². The van der Waals surface area contributed by atoms with Crippen LogP contribution in [0.1, 0.15) is 39.4 Å². The number of carbonyl (C=O) groups excluding carboxylic acids is 2. The predicted molar refractivity (Wildman–Crippen MR) is 130 cm³/mol. The zero-order valence-electron chi connectivity index (χ0n) is 19.1. The average molecular weight is 441 g/mol. The van der Waals surface area contributed by atoms with Gasteiger partial charge in [-0.2, -0.15) is 0 Å². The molecule has 2 aliphatic rings. The molecule has 1 fully saturated rings. The fourth-order valence-corrected chi connectivity index (χ4v) is 5.15. The van der Waals surface area contributed by atoms with Crippen LogP contribution in [0.5, 0.6) is 0 Å². The second-order valence-electron chi connectivity index (χ2n) is 9.07. The maximum Gasteiger partial charge on any atom is 0.251 e. The van der Waals surface area contributed by atoms with Crippen LogP contribution < -0.4 is 15.5 Å². The third kappa shape index (κ3) is 3.47. The maximum absolute atomic E-state index is 13.5. The van der Waals surface area contributed by atoms with Crippen LogP contribution in [0.4, 0.5) is 11.4 Å². The van der Waals surface area contributed by atoms with Crippen molar-refractivity contribution < 1.29 is 9.59 Å². The van der Waals surface area contributed by atoms with Gasteiger partial charge in [-0.05, 0) is 61.1 Å². The Morgan fingerprint density at radius 3 is 2.45 bits per heavy atom. The molecule has 3 aromatic carbocycles. The van der Waals surface area contributed by atoms with Crippen molar-refractivity contribution in [3.63, 3.8) is 0 Å². The number of anilines is 2. The van der Waals surface area contributed by atoms with E-state index in [9.17, 15) is 9.59 Å². The predicted octanol–water partition coefficient (Wildman–Crippen LogP) is 3.91. The molecular weight excluding hydrogens is 412 g/mol. The highest BCUT2D eigenvalue weighted by atomic mass is 16.2. The van der Waals surface area contributed by atoms with E-state index in [4.69, 9.17) is 0 Å². The Morgan fingerprint density at radius 1 is 1.06 bits per heavy atom. The molecule has 6 heteroatoms. The first kappa shape index (κ1) is 21.2. The molecule has 2 bridgehead atoms. The molecule has 1 saturated heterocycles. The number of fused-ring (bicyclic) bond motifs is 5. The van der Waals surface area contributed by atoms with Crippen LogP contribution in [0.15, 0.2) is 72.8 Å². The summed E-state index contributed by atoms with van der Waals surface area (Å²) >= 11 is 0. The highest BCUT2D eigenvalue weighted by molar-refractivity contribution is 6.10. The minimum absolute atomic E-state index is 0.0691. The molecule has 0 radical (unpaired) electrons. The van der Waals surface area contributed by atoms with Gasteiger partial charge in [0.15, 0.2) is 0 Å². The number of rotatable bonds is 6. The largest absolute Gasteiger partial charge is 0.359 e. The summed E-state index contributed by atoms with van der Waals surface area (Å²) in [5.74, 6) is -0.363. The molecule has 0 aliphatic carbocycles. The Balaban J connectivity index is 1.56. The van der Waals surface area contributed by atoms with E-state index in [1.165, 1.54) is 5.56 Å². The lowest BCUT2D eigenvalue weighted by Crippen LogP contribution is -2.49. The maximum atomic E-state index is 13.5. The van der Waals surface area contributed by atoms with Crippen LogP contribution in [0.25, 0.3) is 0 Å². The van der Waals surface area contributed by atoms with Crippen molar-refractivity contribution in [1.82, 2.24) is 10.2 Å². The Morgan fingerprint density at radius 2 is 1.79 bits per heavy atom. The molecule has 5 rings (SSSR count). The van der Waals surface area contributed by atoms with E-state index < -0.39 is 5.66 Å². The molecular formula is C27H28N4O2. The quantitative estimate of drug-likeness (QED) is 0.610. The Kier molecular flexibility index (Phi) is 5.17. The summed E-state index contributed by atoms with van der Waals surface area (Å²) in [6.45, 7) is 0.873. The van der Waals surface area contributed by atoms with E-state index in [0.29, 0.717) is 12.0 Å². The van der Waals surface area contributed by atoms with Gasteiger partial charge in [-0.15, -0.1) is 0 Å². The van der Waals surface area contributed by atoms with Crippen molar-refractivity contribution in [2.45, 2.75) is 24.5 Å². The summed E-state index contributed by atoms with van der Waals surface area (Å²) in [7, 11) is 5.72. The van der Waals surface area contributed by atoms with Gasteiger partial charge in [0.25, 0.3) is 5.91 Å². The van der Waals surface area contributed by atoms with Crippen LogP contribution in [0.3, 0.4) is 0 Å². The molecule has 0 aromatic heterocycles. The fraction of sp³-hybridized carbons (Fsp3) is 0.259.